The van der Waals surface area contributed by atoms with E-state index in [4.69, 9.17) is 10.8 Å². The third-order valence-electron chi connectivity index (χ3n) is 2.30. The topological polar surface area (TPSA) is 109 Å². The van der Waals surface area contributed by atoms with E-state index in [1.54, 1.807) is 24.3 Å². The summed E-state index contributed by atoms with van der Waals surface area (Å²) in [4.78, 5) is 32.9. The minimum Gasteiger partial charge on any atom is -0.480 e. The van der Waals surface area contributed by atoms with Crippen molar-refractivity contribution in [2.45, 2.75) is 19.4 Å². The number of nitrogens with two attached hydrogens (primary N) is 1. The molecule has 0 saturated carbocycles. The molecule has 0 aliphatic rings. The van der Waals surface area contributed by atoms with Gasteiger partial charge in [0.2, 0.25) is 5.91 Å². The van der Waals surface area contributed by atoms with Gasteiger partial charge in [0.05, 0.1) is 6.42 Å². The fourth-order valence-electron chi connectivity index (χ4n) is 1.29. The van der Waals surface area contributed by atoms with Crippen LogP contribution in [0.2, 0.25) is 0 Å². The molecule has 1 rings (SSSR count). The molecule has 1 amide bonds. The molecule has 0 radical (unpaired) electrons. The van der Waals surface area contributed by atoms with Crippen LogP contribution in [0, 0.1) is 0 Å². The fourth-order valence-corrected chi connectivity index (χ4v) is 1.29. The van der Waals surface area contributed by atoms with E-state index in [1.807, 2.05) is 0 Å². The number of carboxylic acid groups (broad SMARTS) is 1. The lowest BCUT2D eigenvalue weighted by Crippen LogP contribution is -2.34. The summed E-state index contributed by atoms with van der Waals surface area (Å²) in [5.41, 5.74) is 6.26. The number of carbonyl (C=O) groups excluding carboxylic acids is 2. The molecule has 6 nitrogen and oxygen atoms in total. The summed E-state index contributed by atoms with van der Waals surface area (Å²) in [6, 6.07) is 5.08. The Morgan fingerprint density at radius 3 is 2.28 bits per heavy atom. The summed E-state index contributed by atoms with van der Waals surface area (Å²) in [6.07, 6.45) is -0.302. The molecule has 1 aromatic rings. The van der Waals surface area contributed by atoms with E-state index in [1.165, 1.54) is 6.92 Å². The van der Waals surface area contributed by atoms with Crippen LogP contribution in [0.1, 0.15) is 23.7 Å². The Hall–Kier alpha value is -2.21. The van der Waals surface area contributed by atoms with E-state index in [0.29, 0.717) is 11.3 Å². The van der Waals surface area contributed by atoms with Crippen molar-refractivity contribution in [3.05, 3.63) is 29.8 Å². The average Bonchev–Trinajstić information content (AvgIpc) is 2.29. The summed E-state index contributed by atoms with van der Waals surface area (Å²) >= 11 is 0. The second kappa shape index (κ2) is 5.92. The molecule has 1 atom stereocenters. The molecule has 0 aromatic heterocycles. The van der Waals surface area contributed by atoms with Crippen molar-refractivity contribution in [2.75, 3.05) is 5.32 Å². The van der Waals surface area contributed by atoms with Crippen molar-refractivity contribution < 1.29 is 19.5 Å². The Morgan fingerprint density at radius 1 is 1.28 bits per heavy atom. The number of nitrogens with one attached hydrogen (secondary N) is 1. The van der Waals surface area contributed by atoms with Crippen LogP contribution in [0.15, 0.2) is 24.3 Å². The Labute approximate surface area is 104 Å². The fraction of sp³-hybridized carbons (Fsp3) is 0.250. The summed E-state index contributed by atoms with van der Waals surface area (Å²) in [5, 5.41) is 11.1. The molecule has 6 heteroatoms. The number of anilines is 1. The van der Waals surface area contributed by atoms with Gasteiger partial charge < -0.3 is 16.2 Å². The van der Waals surface area contributed by atoms with Gasteiger partial charge in [-0.3, -0.25) is 14.4 Å². The van der Waals surface area contributed by atoms with Crippen molar-refractivity contribution in [3.8, 4) is 0 Å². The molecule has 0 bridgehead atoms. The first-order valence-corrected chi connectivity index (χ1v) is 5.29. The highest BCUT2D eigenvalue weighted by atomic mass is 16.4. The first-order valence-electron chi connectivity index (χ1n) is 5.29. The number of Topliss-reactive ketones (excluding diaryl/α,β-unsaturated/α-hetero) is 1. The second-order valence-electron chi connectivity index (χ2n) is 3.83. The van der Waals surface area contributed by atoms with Gasteiger partial charge >= 0.3 is 5.97 Å². The summed E-state index contributed by atoms with van der Waals surface area (Å²) in [7, 11) is 0. The van der Waals surface area contributed by atoms with Crippen LogP contribution in [-0.2, 0) is 9.59 Å². The molecule has 18 heavy (non-hydrogen) atoms. The second-order valence-corrected chi connectivity index (χ2v) is 3.83. The van der Waals surface area contributed by atoms with Gasteiger partial charge in [0.1, 0.15) is 6.04 Å². The number of rotatable bonds is 5. The highest BCUT2D eigenvalue weighted by Crippen LogP contribution is 2.10. The van der Waals surface area contributed by atoms with Crippen LogP contribution >= 0.6 is 0 Å². The van der Waals surface area contributed by atoms with Gasteiger partial charge in [-0.2, -0.15) is 0 Å². The molecule has 0 saturated heterocycles. The zero-order chi connectivity index (χ0) is 13.7. The number of amides is 1. The Balaban J connectivity index is 2.60. The third kappa shape index (κ3) is 3.99. The first kappa shape index (κ1) is 13.9. The largest absolute Gasteiger partial charge is 0.480 e. The molecule has 0 aliphatic carbocycles. The maximum absolute atomic E-state index is 11.4. The Kier molecular flexibility index (Phi) is 4.56. The van der Waals surface area contributed by atoms with Crippen LogP contribution < -0.4 is 11.1 Å². The predicted octanol–water partition coefficient (Wildman–Crippen LogP) is 0.630. The lowest BCUT2D eigenvalue weighted by molar-refractivity contribution is -0.140. The highest BCUT2D eigenvalue weighted by molar-refractivity contribution is 5.96. The van der Waals surface area contributed by atoms with Crippen LogP contribution in [0.5, 0.6) is 0 Å². The standard InChI is InChI=1S/C12H14N2O4/c1-7(15)8-2-4-9(5-3-8)14-11(16)6-10(13)12(17)18/h2-5,10H,6,13H2,1H3,(H,14,16)(H,17,18). The van der Waals surface area contributed by atoms with E-state index in [0.717, 1.165) is 0 Å². The normalized spacial score (nSPS) is 11.7. The number of hydrogen-bond acceptors (Lipinski definition) is 4. The quantitative estimate of drug-likeness (QED) is 0.664. The number of aliphatic carboxylic acids is 1. The first-order chi connectivity index (χ1) is 8.40. The van der Waals surface area contributed by atoms with Crippen molar-refractivity contribution in [3.63, 3.8) is 0 Å². The SMILES string of the molecule is CC(=O)c1ccc(NC(=O)CC(N)C(=O)O)cc1. The predicted molar refractivity (Wildman–Crippen MR) is 65.3 cm³/mol. The van der Waals surface area contributed by atoms with Gasteiger partial charge in [0, 0.05) is 11.3 Å². The van der Waals surface area contributed by atoms with Crippen LogP contribution in [-0.4, -0.2) is 28.8 Å². The van der Waals surface area contributed by atoms with Crippen LogP contribution in [0.25, 0.3) is 0 Å². The van der Waals surface area contributed by atoms with Crippen molar-refractivity contribution >= 4 is 23.3 Å². The summed E-state index contributed by atoms with van der Waals surface area (Å²) < 4.78 is 0. The van der Waals surface area contributed by atoms with Gasteiger partial charge in [-0.05, 0) is 31.2 Å². The average molecular weight is 250 g/mol. The highest BCUT2D eigenvalue weighted by Gasteiger charge is 2.16. The van der Waals surface area contributed by atoms with Crippen molar-refractivity contribution in [1.82, 2.24) is 0 Å². The summed E-state index contributed by atoms with van der Waals surface area (Å²) in [5.74, 6) is -1.78. The maximum Gasteiger partial charge on any atom is 0.321 e. The zero-order valence-electron chi connectivity index (χ0n) is 9.84. The van der Waals surface area contributed by atoms with Crippen molar-refractivity contribution in [2.24, 2.45) is 5.73 Å². The van der Waals surface area contributed by atoms with E-state index >= 15 is 0 Å². The number of carboxylic acids is 1. The third-order valence-corrected chi connectivity index (χ3v) is 2.30. The Morgan fingerprint density at radius 2 is 1.83 bits per heavy atom. The van der Waals surface area contributed by atoms with Crippen LogP contribution in [0.3, 0.4) is 0 Å². The van der Waals surface area contributed by atoms with Gasteiger partial charge in [0.25, 0.3) is 0 Å². The lowest BCUT2D eigenvalue weighted by Gasteiger charge is -2.08. The minimum absolute atomic E-state index is 0.0687. The molecule has 96 valence electrons. The van der Waals surface area contributed by atoms with E-state index < -0.39 is 17.9 Å². The zero-order valence-corrected chi connectivity index (χ0v) is 9.84. The van der Waals surface area contributed by atoms with E-state index in [9.17, 15) is 14.4 Å². The minimum atomic E-state index is -1.22. The molecule has 1 aromatic carbocycles. The molecule has 0 spiro atoms. The molecule has 4 N–H and O–H groups in total. The van der Waals surface area contributed by atoms with Gasteiger partial charge in [0.15, 0.2) is 5.78 Å². The lowest BCUT2D eigenvalue weighted by atomic mass is 10.1. The summed E-state index contributed by atoms with van der Waals surface area (Å²) in [6.45, 7) is 1.44. The van der Waals surface area contributed by atoms with Crippen LogP contribution in [0.4, 0.5) is 5.69 Å². The number of benzene rings is 1. The Bertz CT molecular complexity index is 467. The molecule has 0 aliphatic heterocycles. The monoisotopic (exact) mass is 250 g/mol. The smallest absolute Gasteiger partial charge is 0.321 e. The maximum atomic E-state index is 11.4. The van der Waals surface area contributed by atoms with Gasteiger partial charge in [-0.1, -0.05) is 0 Å². The van der Waals surface area contributed by atoms with Gasteiger partial charge in [-0.25, -0.2) is 0 Å². The van der Waals surface area contributed by atoms with Gasteiger partial charge in [-0.15, -0.1) is 0 Å². The van der Waals surface area contributed by atoms with E-state index in [-0.39, 0.29) is 12.2 Å². The van der Waals surface area contributed by atoms with Crippen molar-refractivity contribution in [1.29, 1.82) is 0 Å². The number of carbonyl (C=O) groups is 3. The number of hydrogen-bond donors (Lipinski definition) is 3. The molecule has 0 fully saturated rings. The molecule has 0 heterocycles. The molecular formula is C12H14N2O4. The number of ketones is 1. The molecular weight excluding hydrogens is 236 g/mol. The molecule has 1 unspecified atom stereocenters. The van der Waals surface area contributed by atoms with E-state index in [2.05, 4.69) is 5.32 Å².